The first-order valence-electron chi connectivity index (χ1n) is 5.90. The zero-order chi connectivity index (χ0) is 13.2. The lowest BCUT2D eigenvalue weighted by Crippen LogP contribution is -2.40. The molecule has 6 heteroatoms. The lowest BCUT2D eigenvalue weighted by atomic mass is 9.92. The maximum Gasteiger partial charge on any atom is 0.415 e. The van der Waals surface area contributed by atoms with E-state index in [1.807, 2.05) is 12.1 Å². The molecule has 0 aromatic carbocycles. The molecule has 2 rings (SSSR count). The van der Waals surface area contributed by atoms with Gasteiger partial charge in [-0.05, 0) is 30.9 Å². The van der Waals surface area contributed by atoms with Crippen molar-refractivity contribution in [1.82, 2.24) is 10.3 Å². The van der Waals surface area contributed by atoms with Crippen molar-refractivity contribution in [2.75, 3.05) is 6.54 Å². The Morgan fingerprint density at radius 1 is 1.50 bits per heavy atom. The smallest absolute Gasteiger partial charge is 0.382 e. The molecule has 3 nitrogen and oxygen atoms in total. The van der Waals surface area contributed by atoms with Crippen molar-refractivity contribution in [3.8, 4) is 0 Å². The summed E-state index contributed by atoms with van der Waals surface area (Å²) < 4.78 is 36.6. The average Bonchev–Trinajstić information content (AvgIpc) is 2.34. The predicted molar refractivity (Wildman–Crippen MR) is 60.0 cm³/mol. The van der Waals surface area contributed by atoms with Gasteiger partial charge in [0, 0.05) is 18.8 Å². The van der Waals surface area contributed by atoms with E-state index in [1.165, 1.54) is 0 Å². The number of halogens is 3. The Hall–Kier alpha value is -1.14. The second kappa shape index (κ2) is 5.24. The van der Waals surface area contributed by atoms with E-state index in [9.17, 15) is 13.2 Å². The van der Waals surface area contributed by atoms with E-state index in [2.05, 4.69) is 10.3 Å². The molecule has 0 radical (unpaired) electrons. The Balaban J connectivity index is 2.00. The highest BCUT2D eigenvalue weighted by Gasteiger charge is 2.38. The third kappa shape index (κ3) is 3.00. The van der Waals surface area contributed by atoms with Gasteiger partial charge in [-0.2, -0.15) is 13.2 Å². The molecule has 0 bridgehead atoms. The minimum Gasteiger partial charge on any atom is -0.382 e. The molecule has 2 N–H and O–H groups in total. The van der Waals surface area contributed by atoms with Crippen molar-refractivity contribution in [2.45, 2.75) is 37.6 Å². The summed E-state index contributed by atoms with van der Waals surface area (Å²) in [5.74, 6) is 0. The molecular weight excluding hydrogens is 245 g/mol. The summed E-state index contributed by atoms with van der Waals surface area (Å²) in [4.78, 5) is 4.22. The maximum atomic E-state index is 12.2. The number of nitrogens with zero attached hydrogens (tertiary/aromatic N) is 1. The lowest BCUT2D eigenvalue weighted by molar-refractivity contribution is -0.202. The van der Waals surface area contributed by atoms with Gasteiger partial charge in [0.15, 0.2) is 6.10 Å². The summed E-state index contributed by atoms with van der Waals surface area (Å²) in [5.41, 5.74) is 1.88. The van der Waals surface area contributed by atoms with Gasteiger partial charge in [-0.15, -0.1) is 0 Å². The van der Waals surface area contributed by atoms with Gasteiger partial charge in [0.2, 0.25) is 0 Å². The standard InChI is InChI=1S/C12H15F3N2O/c13-12(14,15)10(18)7-17-9-5-1-3-8-4-2-6-16-11(8)9/h2,4,6,9-10,17-18H,1,3,5,7H2. The molecule has 1 aliphatic rings. The Morgan fingerprint density at radius 2 is 2.28 bits per heavy atom. The largest absolute Gasteiger partial charge is 0.415 e. The fourth-order valence-corrected chi connectivity index (χ4v) is 2.18. The van der Waals surface area contributed by atoms with Crippen LogP contribution in [0.4, 0.5) is 13.2 Å². The summed E-state index contributed by atoms with van der Waals surface area (Å²) in [6, 6.07) is 3.56. The van der Waals surface area contributed by atoms with Crippen LogP contribution in [0.5, 0.6) is 0 Å². The zero-order valence-corrected chi connectivity index (χ0v) is 9.74. The fourth-order valence-electron chi connectivity index (χ4n) is 2.18. The monoisotopic (exact) mass is 260 g/mol. The molecule has 0 saturated carbocycles. The van der Waals surface area contributed by atoms with E-state index < -0.39 is 18.8 Å². The molecule has 1 heterocycles. The lowest BCUT2D eigenvalue weighted by Gasteiger charge is -2.26. The number of hydrogen-bond donors (Lipinski definition) is 2. The highest BCUT2D eigenvalue weighted by atomic mass is 19.4. The maximum absolute atomic E-state index is 12.2. The summed E-state index contributed by atoms with van der Waals surface area (Å²) in [7, 11) is 0. The minimum atomic E-state index is -4.57. The first-order chi connectivity index (χ1) is 8.48. The number of aliphatic hydroxyl groups is 1. The van der Waals surface area contributed by atoms with Crippen LogP contribution in [0.15, 0.2) is 18.3 Å². The van der Waals surface area contributed by atoms with Crippen LogP contribution < -0.4 is 5.32 Å². The fraction of sp³-hybridized carbons (Fsp3) is 0.583. The number of pyridine rings is 1. The third-order valence-corrected chi connectivity index (χ3v) is 3.13. The molecule has 1 aliphatic carbocycles. The van der Waals surface area contributed by atoms with Gasteiger partial charge in [-0.25, -0.2) is 0 Å². The highest BCUT2D eigenvalue weighted by Crippen LogP contribution is 2.28. The average molecular weight is 260 g/mol. The number of aryl methyl sites for hydroxylation is 1. The number of hydrogen-bond acceptors (Lipinski definition) is 3. The Kier molecular flexibility index (Phi) is 3.87. The van der Waals surface area contributed by atoms with Crippen molar-refractivity contribution in [2.24, 2.45) is 0 Å². The molecule has 2 atom stereocenters. The molecule has 0 fully saturated rings. The number of nitrogens with one attached hydrogen (secondary N) is 1. The van der Waals surface area contributed by atoms with Crippen molar-refractivity contribution >= 4 is 0 Å². The van der Waals surface area contributed by atoms with Gasteiger partial charge in [-0.3, -0.25) is 4.98 Å². The second-order valence-electron chi connectivity index (χ2n) is 4.46. The van der Waals surface area contributed by atoms with Gasteiger partial charge < -0.3 is 10.4 Å². The van der Waals surface area contributed by atoms with Crippen molar-refractivity contribution in [3.63, 3.8) is 0 Å². The van der Waals surface area contributed by atoms with Crippen LogP contribution in [0, 0.1) is 0 Å². The van der Waals surface area contributed by atoms with Crippen LogP contribution in [0.25, 0.3) is 0 Å². The minimum absolute atomic E-state index is 0.202. The molecule has 18 heavy (non-hydrogen) atoms. The Bertz CT molecular complexity index is 409. The number of aromatic nitrogens is 1. The summed E-state index contributed by atoms with van der Waals surface area (Å²) in [6.45, 7) is -0.496. The summed E-state index contributed by atoms with van der Waals surface area (Å²) >= 11 is 0. The molecule has 1 aromatic heterocycles. The summed E-state index contributed by atoms with van der Waals surface area (Å²) in [5, 5.41) is 11.7. The Morgan fingerprint density at radius 3 is 3.00 bits per heavy atom. The number of alkyl halides is 3. The summed E-state index contributed by atoms with van der Waals surface area (Å²) in [6.07, 6.45) is -2.70. The zero-order valence-electron chi connectivity index (χ0n) is 9.74. The van der Waals surface area contributed by atoms with Crippen LogP contribution in [-0.2, 0) is 6.42 Å². The first kappa shape index (κ1) is 13.3. The van der Waals surface area contributed by atoms with Gasteiger partial charge in [0.05, 0.1) is 5.69 Å². The van der Waals surface area contributed by atoms with Crippen molar-refractivity contribution in [1.29, 1.82) is 0 Å². The van der Waals surface area contributed by atoms with Crippen molar-refractivity contribution in [3.05, 3.63) is 29.6 Å². The number of rotatable bonds is 3. The Labute approximate surface area is 103 Å². The molecule has 0 saturated heterocycles. The van der Waals surface area contributed by atoms with E-state index in [-0.39, 0.29) is 6.04 Å². The van der Waals surface area contributed by atoms with E-state index in [1.54, 1.807) is 6.20 Å². The predicted octanol–water partition coefficient (Wildman–Crippen LogP) is 1.97. The number of aliphatic hydroxyl groups excluding tert-OH is 1. The first-order valence-corrected chi connectivity index (χ1v) is 5.90. The van der Waals surface area contributed by atoms with Crippen LogP contribution in [0.3, 0.4) is 0 Å². The van der Waals surface area contributed by atoms with Gasteiger partial charge in [0.25, 0.3) is 0 Å². The van der Waals surface area contributed by atoms with Crippen molar-refractivity contribution < 1.29 is 18.3 Å². The quantitative estimate of drug-likeness (QED) is 0.873. The molecule has 0 spiro atoms. The van der Waals surface area contributed by atoms with Gasteiger partial charge >= 0.3 is 6.18 Å². The normalized spacial score (nSPS) is 21.4. The topological polar surface area (TPSA) is 45.1 Å². The van der Waals surface area contributed by atoms with E-state index in [0.29, 0.717) is 0 Å². The number of fused-ring (bicyclic) bond motifs is 1. The SMILES string of the molecule is OC(CNC1CCCc2cccnc21)C(F)(F)F. The van der Waals surface area contributed by atoms with Crippen LogP contribution in [0.1, 0.15) is 30.1 Å². The van der Waals surface area contributed by atoms with Gasteiger partial charge in [-0.1, -0.05) is 6.07 Å². The third-order valence-electron chi connectivity index (χ3n) is 3.13. The molecule has 0 amide bonds. The van der Waals surface area contributed by atoms with Crippen LogP contribution >= 0.6 is 0 Å². The molecule has 1 aromatic rings. The molecule has 100 valence electrons. The van der Waals surface area contributed by atoms with Crippen LogP contribution in [0.2, 0.25) is 0 Å². The van der Waals surface area contributed by atoms with Crippen LogP contribution in [-0.4, -0.2) is 28.9 Å². The van der Waals surface area contributed by atoms with E-state index in [0.717, 1.165) is 30.5 Å². The molecule has 2 unspecified atom stereocenters. The second-order valence-corrected chi connectivity index (χ2v) is 4.46. The molecular formula is C12H15F3N2O. The van der Waals surface area contributed by atoms with E-state index in [4.69, 9.17) is 5.11 Å². The van der Waals surface area contributed by atoms with E-state index >= 15 is 0 Å². The highest BCUT2D eigenvalue weighted by molar-refractivity contribution is 5.25. The van der Waals surface area contributed by atoms with Gasteiger partial charge in [0.1, 0.15) is 0 Å². The molecule has 0 aliphatic heterocycles.